The molecular weight excluding hydrogens is 204 g/mol. The molecule has 76 valence electrons. The number of aryl methyl sites for hydroxylation is 1. The highest BCUT2D eigenvalue weighted by molar-refractivity contribution is 7.99. The van der Waals surface area contributed by atoms with Crippen LogP contribution in [0.25, 0.3) is 0 Å². The summed E-state index contributed by atoms with van der Waals surface area (Å²) in [7, 11) is 0. The topological polar surface area (TPSA) is 17.8 Å². The molecule has 3 heteroatoms. The summed E-state index contributed by atoms with van der Waals surface area (Å²) in [5.74, 6) is 0. The number of nitrogens with zero attached hydrogens (tertiary/aromatic N) is 2. The zero-order chi connectivity index (χ0) is 10.1. The van der Waals surface area contributed by atoms with Crippen molar-refractivity contribution in [2.45, 2.75) is 23.1 Å². The van der Waals surface area contributed by atoms with Crippen molar-refractivity contribution in [2.24, 2.45) is 0 Å². The Kier molecular flexibility index (Phi) is 2.25. The average molecular weight is 216 g/mol. The first-order valence-electron chi connectivity index (χ1n) is 5.15. The maximum Gasteiger partial charge on any atom is 0.0955 e. The fourth-order valence-corrected chi connectivity index (χ4v) is 3.21. The van der Waals surface area contributed by atoms with E-state index in [1.54, 1.807) is 0 Å². The van der Waals surface area contributed by atoms with Gasteiger partial charge in [-0.3, -0.25) is 0 Å². The van der Waals surface area contributed by atoms with E-state index >= 15 is 0 Å². The highest BCUT2D eigenvalue weighted by Gasteiger charge is 2.19. The van der Waals surface area contributed by atoms with Gasteiger partial charge in [0.1, 0.15) is 0 Å². The van der Waals surface area contributed by atoms with Crippen LogP contribution in [0.3, 0.4) is 0 Å². The normalized spacial score (nSPS) is 19.9. The highest BCUT2D eigenvalue weighted by atomic mass is 32.2. The third-order valence-corrected chi connectivity index (χ3v) is 4.16. The van der Waals surface area contributed by atoms with Crippen LogP contribution in [0.4, 0.5) is 0 Å². The van der Waals surface area contributed by atoms with Crippen LogP contribution in [0.2, 0.25) is 0 Å². The molecule has 1 aliphatic heterocycles. The molecule has 0 aliphatic carbocycles. The zero-order valence-corrected chi connectivity index (χ0v) is 9.15. The molecule has 2 heterocycles. The number of aromatic nitrogens is 2. The lowest BCUT2D eigenvalue weighted by molar-refractivity contribution is 0.608. The molecule has 0 fully saturated rings. The lowest BCUT2D eigenvalue weighted by atomic mass is 10.1. The molecule has 1 aromatic carbocycles. The maximum absolute atomic E-state index is 4.10. The second kappa shape index (κ2) is 3.74. The molecule has 0 spiro atoms. The minimum absolute atomic E-state index is 0.516. The van der Waals surface area contributed by atoms with Gasteiger partial charge in [0.2, 0.25) is 0 Å². The van der Waals surface area contributed by atoms with Crippen LogP contribution in [0.5, 0.6) is 0 Å². The molecule has 2 nitrogen and oxygen atoms in total. The van der Waals surface area contributed by atoms with E-state index < -0.39 is 0 Å². The fraction of sp³-hybridized carbons (Fsp3) is 0.250. The van der Waals surface area contributed by atoms with E-state index in [1.165, 1.54) is 23.3 Å². The molecule has 1 atom stereocenters. The van der Waals surface area contributed by atoms with Crippen molar-refractivity contribution < 1.29 is 0 Å². The summed E-state index contributed by atoms with van der Waals surface area (Å²) in [5, 5.41) is 0.516. The first-order valence-corrected chi connectivity index (χ1v) is 6.03. The van der Waals surface area contributed by atoms with Crippen molar-refractivity contribution >= 4 is 11.8 Å². The van der Waals surface area contributed by atoms with Crippen molar-refractivity contribution in [1.82, 2.24) is 9.55 Å². The maximum atomic E-state index is 4.10. The summed E-state index contributed by atoms with van der Waals surface area (Å²) in [6.45, 7) is 0. The molecule has 0 saturated carbocycles. The van der Waals surface area contributed by atoms with Gasteiger partial charge in [-0.2, -0.15) is 0 Å². The molecule has 0 radical (unpaired) electrons. The van der Waals surface area contributed by atoms with Gasteiger partial charge in [0.25, 0.3) is 0 Å². The number of hydrogen-bond acceptors (Lipinski definition) is 2. The van der Waals surface area contributed by atoms with E-state index in [0.717, 1.165) is 0 Å². The molecule has 1 aliphatic rings. The van der Waals surface area contributed by atoms with Gasteiger partial charge in [-0.1, -0.05) is 18.2 Å². The number of hydrogen-bond donors (Lipinski definition) is 0. The Balaban J connectivity index is 1.89. The highest BCUT2D eigenvalue weighted by Crippen LogP contribution is 2.41. The molecule has 3 rings (SSSR count). The number of imidazole rings is 1. The second-order valence-corrected chi connectivity index (χ2v) is 4.95. The van der Waals surface area contributed by atoms with E-state index in [9.17, 15) is 0 Å². The van der Waals surface area contributed by atoms with Crippen LogP contribution < -0.4 is 0 Å². The fourth-order valence-electron chi connectivity index (χ4n) is 1.96. The molecule has 15 heavy (non-hydrogen) atoms. The van der Waals surface area contributed by atoms with Crippen LogP contribution in [-0.4, -0.2) is 9.55 Å². The quantitative estimate of drug-likeness (QED) is 0.729. The van der Waals surface area contributed by atoms with Gasteiger partial charge in [-0.05, 0) is 24.5 Å². The minimum Gasteiger partial charge on any atom is -0.325 e. The van der Waals surface area contributed by atoms with Crippen molar-refractivity contribution in [3.8, 4) is 0 Å². The summed E-state index contributed by atoms with van der Waals surface area (Å²) in [4.78, 5) is 5.52. The zero-order valence-electron chi connectivity index (χ0n) is 8.34. The Morgan fingerprint density at radius 1 is 1.33 bits per heavy atom. The Morgan fingerprint density at radius 3 is 3.13 bits per heavy atom. The lowest BCUT2D eigenvalue weighted by Crippen LogP contribution is -2.09. The first-order chi connectivity index (χ1) is 7.43. The summed E-state index contributed by atoms with van der Waals surface area (Å²) in [6.07, 6.45) is 8.17. The van der Waals surface area contributed by atoms with E-state index in [-0.39, 0.29) is 0 Å². The van der Waals surface area contributed by atoms with Crippen LogP contribution in [-0.2, 0) is 6.42 Å². The Labute approximate surface area is 93.3 Å². The van der Waals surface area contributed by atoms with Gasteiger partial charge in [-0.25, -0.2) is 4.98 Å². The summed E-state index contributed by atoms with van der Waals surface area (Å²) in [5.41, 5.74) is 1.49. The molecule has 0 amide bonds. The molecule has 0 saturated heterocycles. The summed E-state index contributed by atoms with van der Waals surface area (Å²) in [6, 6.07) is 8.68. The van der Waals surface area contributed by atoms with Crippen LogP contribution in [0, 0.1) is 0 Å². The Bertz CT molecular complexity index is 450. The summed E-state index contributed by atoms with van der Waals surface area (Å²) < 4.78 is 2.20. The molecule has 2 aromatic rings. The predicted molar refractivity (Wildman–Crippen MR) is 61.9 cm³/mol. The molecule has 0 bridgehead atoms. The minimum atomic E-state index is 0.516. The van der Waals surface area contributed by atoms with Crippen LogP contribution >= 0.6 is 11.8 Å². The van der Waals surface area contributed by atoms with Gasteiger partial charge in [-0.15, -0.1) is 11.8 Å². The van der Waals surface area contributed by atoms with Gasteiger partial charge < -0.3 is 4.57 Å². The van der Waals surface area contributed by atoms with Crippen molar-refractivity contribution in [1.29, 1.82) is 0 Å². The standard InChI is InChI=1S/C12H12N2S/c1-2-4-11-10(3-1)5-6-12(15-11)14-8-7-13-9-14/h1-4,7-9,12H,5-6H2. The molecule has 1 unspecified atom stereocenters. The van der Waals surface area contributed by atoms with Gasteiger partial charge >= 0.3 is 0 Å². The second-order valence-electron chi connectivity index (χ2n) is 3.73. The largest absolute Gasteiger partial charge is 0.325 e. The number of fused-ring (bicyclic) bond motifs is 1. The van der Waals surface area contributed by atoms with E-state index in [0.29, 0.717) is 5.37 Å². The van der Waals surface area contributed by atoms with Crippen molar-refractivity contribution in [3.05, 3.63) is 48.5 Å². The molecule has 1 aromatic heterocycles. The third-order valence-electron chi connectivity index (χ3n) is 2.75. The van der Waals surface area contributed by atoms with Crippen molar-refractivity contribution in [3.63, 3.8) is 0 Å². The predicted octanol–water partition coefficient (Wildman–Crippen LogP) is 3.12. The summed E-state index contributed by atoms with van der Waals surface area (Å²) >= 11 is 1.94. The van der Waals surface area contributed by atoms with Crippen LogP contribution in [0.1, 0.15) is 17.4 Å². The Hall–Kier alpha value is -1.22. The van der Waals surface area contributed by atoms with Crippen LogP contribution in [0.15, 0.2) is 47.9 Å². The first kappa shape index (κ1) is 9.04. The Morgan fingerprint density at radius 2 is 2.27 bits per heavy atom. The monoisotopic (exact) mass is 216 g/mol. The van der Waals surface area contributed by atoms with Gasteiger partial charge in [0.05, 0.1) is 11.7 Å². The molecule has 0 N–H and O–H groups in total. The van der Waals surface area contributed by atoms with Gasteiger partial charge in [0.15, 0.2) is 0 Å². The van der Waals surface area contributed by atoms with Gasteiger partial charge in [0, 0.05) is 17.3 Å². The average Bonchev–Trinajstić information content (AvgIpc) is 2.82. The number of rotatable bonds is 1. The van der Waals surface area contributed by atoms with E-state index in [1.807, 2.05) is 30.5 Å². The van der Waals surface area contributed by atoms with E-state index in [4.69, 9.17) is 0 Å². The lowest BCUT2D eigenvalue weighted by Gasteiger charge is -2.24. The van der Waals surface area contributed by atoms with Crippen molar-refractivity contribution in [2.75, 3.05) is 0 Å². The third kappa shape index (κ3) is 1.67. The van der Waals surface area contributed by atoms with E-state index in [2.05, 4.69) is 33.8 Å². The smallest absolute Gasteiger partial charge is 0.0955 e. The SMILES string of the molecule is c1ccc2c(c1)CCC(n1ccnc1)S2. The molecular formula is C12H12N2S. The number of benzene rings is 1. The number of thioether (sulfide) groups is 1.